The predicted octanol–water partition coefficient (Wildman–Crippen LogP) is 3.78. The summed E-state index contributed by atoms with van der Waals surface area (Å²) in [6.07, 6.45) is 0. The summed E-state index contributed by atoms with van der Waals surface area (Å²) in [5, 5.41) is 9.57. The number of nitrogens with zero attached hydrogens (tertiary/aromatic N) is 1. The monoisotopic (exact) mass is 383 g/mol. The minimum absolute atomic E-state index is 0.0851. The molecule has 0 saturated heterocycles. The van der Waals surface area contributed by atoms with Crippen LogP contribution in [0.2, 0.25) is 0 Å². The van der Waals surface area contributed by atoms with E-state index in [2.05, 4.69) is 15.8 Å². The second-order valence-electron chi connectivity index (χ2n) is 6.48. The van der Waals surface area contributed by atoms with Crippen LogP contribution in [0.3, 0.4) is 0 Å². The Morgan fingerprint density at radius 3 is 2.67 bits per heavy atom. The number of rotatable bonds is 6. The second kappa shape index (κ2) is 8.18. The van der Waals surface area contributed by atoms with Crippen molar-refractivity contribution in [2.24, 2.45) is 0 Å². The largest absolute Gasteiger partial charge is 0.361 e. The Morgan fingerprint density at radius 2 is 1.96 bits per heavy atom. The first-order valence-corrected chi connectivity index (χ1v) is 9.45. The van der Waals surface area contributed by atoms with Crippen LogP contribution in [-0.4, -0.2) is 23.0 Å². The molecular weight excluding hydrogens is 362 g/mol. The lowest BCUT2D eigenvalue weighted by molar-refractivity contribution is 0.0940. The molecule has 3 aromatic rings. The van der Waals surface area contributed by atoms with Crippen LogP contribution in [0.5, 0.6) is 0 Å². The van der Waals surface area contributed by atoms with Gasteiger partial charge in [-0.05, 0) is 50.6 Å². The Hall–Kier alpha value is -2.93. The molecule has 2 amide bonds. The van der Waals surface area contributed by atoms with Crippen molar-refractivity contribution in [1.29, 1.82) is 0 Å². The summed E-state index contributed by atoms with van der Waals surface area (Å²) in [5.74, 6) is 0.432. The zero-order valence-corrected chi connectivity index (χ0v) is 16.2. The van der Waals surface area contributed by atoms with Crippen LogP contribution in [0.1, 0.15) is 45.3 Å². The van der Waals surface area contributed by atoms with E-state index in [1.807, 2.05) is 38.1 Å². The molecule has 0 spiro atoms. The molecule has 0 aliphatic heterocycles. The lowest BCUT2D eigenvalue weighted by Crippen LogP contribution is -2.29. The molecule has 2 aromatic heterocycles. The fraction of sp³-hybridized carbons (Fsp3) is 0.250. The van der Waals surface area contributed by atoms with Crippen LogP contribution in [0.15, 0.2) is 47.0 Å². The van der Waals surface area contributed by atoms with E-state index < -0.39 is 0 Å². The molecule has 2 N–H and O–H groups in total. The number of amides is 2. The van der Waals surface area contributed by atoms with Gasteiger partial charge in [0.05, 0.1) is 11.4 Å². The van der Waals surface area contributed by atoms with Crippen molar-refractivity contribution in [3.8, 4) is 10.4 Å². The Kier molecular flexibility index (Phi) is 5.71. The highest BCUT2D eigenvalue weighted by Gasteiger charge is 2.13. The SMILES string of the molecule is Cc1cc(CNC(=O)c2cccc(-c3ccc(C(=O)NC(C)C)s3)c2)no1. The van der Waals surface area contributed by atoms with Crippen molar-refractivity contribution in [2.45, 2.75) is 33.4 Å². The molecule has 1 aromatic carbocycles. The van der Waals surface area contributed by atoms with Gasteiger partial charge in [-0.15, -0.1) is 11.3 Å². The molecule has 0 atom stereocenters. The van der Waals surface area contributed by atoms with Crippen molar-refractivity contribution < 1.29 is 14.1 Å². The molecule has 0 radical (unpaired) electrons. The average molecular weight is 383 g/mol. The number of carbonyl (C=O) groups excluding carboxylic acids is 2. The van der Waals surface area contributed by atoms with E-state index in [4.69, 9.17) is 4.52 Å². The fourth-order valence-electron chi connectivity index (χ4n) is 2.54. The summed E-state index contributed by atoms with van der Waals surface area (Å²) in [5.41, 5.74) is 2.12. The normalized spacial score (nSPS) is 10.8. The average Bonchev–Trinajstić information content (AvgIpc) is 3.28. The highest BCUT2D eigenvalue weighted by molar-refractivity contribution is 7.17. The Labute approximate surface area is 161 Å². The highest BCUT2D eigenvalue weighted by atomic mass is 32.1. The molecule has 0 unspecified atom stereocenters. The predicted molar refractivity (Wildman–Crippen MR) is 105 cm³/mol. The van der Waals surface area contributed by atoms with Crippen molar-refractivity contribution in [2.75, 3.05) is 0 Å². The van der Waals surface area contributed by atoms with Crippen LogP contribution >= 0.6 is 11.3 Å². The molecule has 2 heterocycles. The van der Waals surface area contributed by atoms with Gasteiger partial charge in [-0.2, -0.15) is 0 Å². The molecule has 0 saturated carbocycles. The zero-order chi connectivity index (χ0) is 19.4. The molecule has 7 heteroatoms. The van der Waals surface area contributed by atoms with E-state index >= 15 is 0 Å². The molecule has 0 fully saturated rings. The van der Waals surface area contributed by atoms with Crippen LogP contribution in [0.25, 0.3) is 10.4 Å². The van der Waals surface area contributed by atoms with Gasteiger partial charge in [0.25, 0.3) is 11.8 Å². The molecule has 3 rings (SSSR count). The van der Waals surface area contributed by atoms with Gasteiger partial charge in [0.1, 0.15) is 11.5 Å². The van der Waals surface area contributed by atoms with Gasteiger partial charge in [-0.25, -0.2) is 0 Å². The number of thiophene rings is 1. The third-order valence-corrected chi connectivity index (χ3v) is 4.90. The van der Waals surface area contributed by atoms with Crippen molar-refractivity contribution >= 4 is 23.2 Å². The molecule has 0 aliphatic carbocycles. The molecule has 27 heavy (non-hydrogen) atoms. The van der Waals surface area contributed by atoms with Crippen LogP contribution in [0.4, 0.5) is 0 Å². The third-order valence-electron chi connectivity index (χ3n) is 3.77. The van der Waals surface area contributed by atoms with Crippen LogP contribution in [-0.2, 0) is 6.54 Å². The summed E-state index contributed by atoms with van der Waals surface area (Å²) in [6, 6.07) is 12.9. The van der Waals surface area contributed by atoms with E-state index in [-0.39, 0.29) is 17.9 Å². The number of aromatic nitrogens is 1. The molecule has 6 nitrogen and oxygen atoms in total. The Morgan fingerprint density at radius 1 is 1.15 bits per heavy atom. The Bertz CT molecular complexity index is 959. The van der Waals surface area contributed by atoms with Gasteiger partial charge < -0.3 is 15.2 Å². The maximum Gasteiger partial charge on any atom is 0.261 e. The van der Waals surface area contributed by atoms with Gasteiger partial charge in [0.15, 0.2) is 0 Å². The van der Waals surface area contributed by atoms with Gasteiger partial charge in [-0.1, -0.05) is 17.3 Å². The number of hydrogen-bond acceptors (Lipinski definition) is 5. The van der Waals surface area contributed by atoms with E-state index in [0.717, 1.165) is 10.4 Å². The second-order valence-corrected chi connectivity index (χ2v) is 7.57. The quantitative estimate of drug-likeness (QED) is 0.678. The summed E-state index contributed by atoms with van der Waals surface area (Å²) in [7, 11) is 0. The third kappa shape index (κ3) is 4.83. The first-order chi connectivity index (χ1) is 12.9. The van der Waals surface area contributed by atoms with E-state index in [1.54, 1.807) is 25.1 Å². The standard InChI is InChI=1S/C20H21N3O3S/c1-12(2)22-20(25)18-8-7-17(27-18)14-5-4-6-15(10-14)19(24)21-11-16-9-13(3)26-23-16/h4-10,12H,11H2,1-3H3,(H,21,24)(H,22,25). The van der Waals surface area contributed by atoms with Crippen molar-refractivity contribution in [3.63, 3.8) is 0 Å². The van der Waals surface area contributed by atoms with Crippen LogP contribution in [0, 0.1) is 6.92 Å². The maximum absolute atomic E-state index is 12.4. The van der Waals surface area contributed by atoms with E-state index in [9.17, 15) is 9.59 Å². The fourth-order valence-corrected chi connectivity index (χ4v) is 3.44. The van der Waals surface area contributed by atoms with Gasteiger partial charge >= 0.3 is 0 Å². The van der Waals surface area contributed by atoms with Gasteiger partial charge in [0, 0.05) is 22.5 Å². The van der Waals surface area contributed by atoms with Gasteiger partial charge in [-0.3, -0.25) is 9.59 Å². The molecule has 0 bridgehead atoms. The number of aryl methyl sites for hydroxylation is 1. The summed E-state index contributed by atoms with van der Waals surface area (Å²) in [6.45, 7) is 5.96. The number of carbonyl (C=O) groups is 2. The topological polar surface area (TPSA) is 84.2 Å². The lowest BCUT2D eigenvalue weighted by Gasteiger charge is -2.06. The molecule has 140 valence electrons. The number of benzene rings is 1. The smallest absolute Gasteiger partial charge is 0.261 e. The van der Waals surface area contributed by atoms with Crippen molar-refractivity contribution in [1.82, 2.24) is 15.8 Å². The highest BCUT2D eigenvalue weighted by Crippen LogP contribution is 2.28. The Balaban J connectivity index is 1.70. The number of nitrogens with one attached hydrogen (secondary N) is 2. The lowest BCUT2D eigenvalue weighted by atomic mass is 10.1. The van der Waals surface area contributed by atoms with Crippen molar-refractivity contribution in [3.05, 3.63) is 64.4 Å². The maximum atomic E-state index is 12.4. The molecule has 0 aliphatic rings. The summed E-state index contributed by atoms with van der Waals surface area (Å²) < 4.78 is 4.99. The minimum atomic E-state index is -0.188. The minimum Gasteiger partial charge on any atom is -0.361 e. The first-order valence-electron chi connectivity index (χ1n) is 8.64. The van der Waals surface area contributed by atoms with Crippen LogP contribution < -0.4 is 10.6 Å². The summed E-state index contributed by atoms with van der Waals surface area (Å²) >= 11 is 1.40. The first kappa shape index (κ1) is 18.8. The summed E-state index contributed by atoms with van der Waals surface area (Å²) in [4.78, 5) is 26.1. The van der Waals surface area contributed by atoms with E-state index in [0.29, 0.717) is 28.4 Å². The molecular formula is C20H21N3O3S. The number of hydrogen-bond donors (Lipinski definition) is 2. The van der Waals surface area contributed by atoms with E-state index in [1.165, 1.54) is 11.3 Å². The van der Waals surface area contributed by atoms with Gasteiger partial charge in [0.2, 0.25) is 0 Å². The zero-order valence-electron chi connectivity index (χ0n) is 15.4.